The molecule has 5 heteroatoms. The fourth-order valence-electron chi connectivity index (χ4n) is 1.34. The molecule has 1 rings (SSSR count). The van der Waals surface area contributed by atoms with Gasteiger partial charge in [-0.15, -0.1) is 0 Å². The van der Waals surface area contributed by atoms with Gasteiger partial charge >= 0.3 is 5.97 Å². The van der Waals surface area contributed by atoms with E-state index in [-0.39, 0.29) is 6.10 Å². The first-order valence-electron chi connectivity index (χ1n) is 5.46. The van der Waals surface area contributed by atoms with E-state index in [0.717, 1.165) is 0 Å². The molecule has 0 saturated heterocycles. The van der Waals surface area contributed by atoms with Gasteiger partial charge in [-0.3, -0.25) is 4.98 Å². The lowest BCUT2D eigenvalue weighted by Gasteiger charge is -2.13. The zero-order chi connectivity index (χ0) is 12.8. The molecule has 0 saturated carbocycles. The van der Waals surface area contributed by atoms with E-state index in [0.29, 0.717) is 30.0 Å². The Balaban J connectivity index is 2.66. The molecule has 17 heavy (non-hydrogen) atoms. The highest BCUT2D eigenvalue weighted by Gasteiger charge is 2.15. The van der Waals surface area contributed by atoms with E-state index in [1.165, 1.54) is 6.20 Å². The van der Waals surface area contributed by atoms with Gasteiger partial charge < -0.3 is 15.2 Å². The van der Waals surface area contributed by atoms with Crippen LogP contribution in [0.1, 0.15) is 29.4 Å². The minimum atomic E-state index is -0.397. The number of pyridine rings is 1. The highest BCUT2D eigenvalue weighted by Crippen LogP contribution is 2.12. The number of carbonyl (C=O) groups excluding carboxylic acids is 1. The third-order valence-electron chi connectivity index (χ3n) is 2.36. The van der Waals surface area contributed by atoms with Crippen LogP contribution in [0.5, 0.6) is 0 Å². The van der Waals surface area contributed by atoms with Crippen molar-refractivity contribution in [1.82, 2.24) is 4.98 Å². The Hall–Kier alpha value is -1.62. The molecule has 0 spiro atoms. The van der Waals surface area contributed by atoms with Crippen molar-refractivity contribution in [3.8, 4) is 0 Å². The normalized spacial score (nSPS) is 12.2. The Labute approximate surface area is 101 Å². The molecule has 1 atom stereocenters. The van der Waals surface area contributed by atoms with Gasteiger partial charge in [0, 0.05) is 20.1 Å². The summed E-state index contributed by atoms with van der Waals surface area (Å²) in [5.74, 6) is -0.397. The molecule has 1 aromatic rings. The van der Waals surface area contributed by atoms with Gasteiger partial charge in [-0.1, -0.05) is 0 Å². The molecule has 1 unspecified atom stereocenters. The summed E-state index contributed by atoms with van der Waals surface area (Å²) in [4.78, 5) is 15.9. The van der Waals surface area contributed by atoms with Crippen molar-refractivity contribution in [2.24, 2.45) is 0 Å². The first kappa shape index (κ1) is 13.4. The van der Waals surface area contributed by atoms with Crippen LogP contribution in [-0.4, -0.2) is 30.8 Å². The molecule has 0 aliphatic carbocycles. The predicted octanol–water partition coefficient (Wildman–Crippen LogP) is 1.55. The molecule has 5 nitrogen and oxygen atoms in total. The van der Waals surface area contributed by atoms with Crippen molar-refractivity contribution in [2.75, 3.05) is 19.5 Å². The number of hydrogen-bond acceptors (Lipinski definition) is 5. The van der Waals surface area contributed by atoms with Gasteiger partial charge in [0.25, 0.3) is 0 Å². The summed E-state index contributed by atoms with van der Waals surface area (Å²) in [5, 5.41) is 0. The van der Waals surface area contributed by atoms with E-state index in [9.17, 15) is 4.79 Å². The average Bonchev–Trinajstić information content (AvgIpc) is 2.29. The number of rotatable bonds is 5. The Morgan fingerprint density at radius 2 is 2.29 bits per heavy atom. The number of nitrogen functional groups attached to an aromatic ring is 1. The molecule has 0 aromatic carbocycles. The predicted molar refractivity (Wildman–Crippen MR) is 64.8 cm³/mol. The van der Waals surface area contributed by atoms with Crippen LogP contribution in [0.4, 0.5) is 5.69 Å². The number of methoxy groups -OCH3 is 1. The van der Waals surface area contributed by atoms with Gasteiger partial charge in [0.1, 0.15) is 6.10 Å². The second-order valence-electron chi connectivity index (χ2n) is 3.90. The summed E-state index contributed by atoms with van der Waals surface area (Å²) in [6.07, 6.45) is 1.99. The van der Waals surface area contributed by atoms with Crippen LogP contribution in [0.3, 0.4) is 0 Å². The van der Waals surface area contributed by atoms with Crippen molar-refractivity contribution in [1.29, 1.82) is 0 Å². The topological polar surface area (TPSA) is 74.4 Å². The molecule has 1 aromatic heterocycles. The number of esters is 1. The van der Waals surface area contributed by atoms with Gasteiger partial charge in [-0.2, -0.15) is 0 Å². The molecule has 0 amide bonds. The van der Waals surface area contributed by atoms with Crippen molar-refractivity contribution in [3.05, 3.63) is 23.5 Å². The average molecular weight is 238 g/mol. The number of nitrogens with two attached hydrogens (primary N) is 1. The molecule has 0 radical (unpaired) electrons. The highest BCUT2D eigenvalue weighted by molar-refractivity contribution is 5.91. The molecule has 94 valence electrons. The van der Waals surface area contributed by atoms with Crippen molar-refractivity contribution < 1.29 is 14.3 Å². The van der Waals surface area contributed by atoms with E-state index in [4.69, 9.17) is 15.2 Å². The lowest BCUT2D eigenvalue weighted by atomic mass is 10.2. The van der Waals surface area contributed by atoms with E-state index < -0.39 is 5.97 Å². The van der Waals surface area contributed by atoms with Crippen LogP contribution in [-0.2, 0) is 9.47 Å². The van der Waals surface area contributed by atoms with Gasteiger partial charge in [-0.25, -0.2) is 4.79 Å². The van der Waals surface area contributed by atoms with Crippen molar-refractivity contribution in [2.45, 2.75) is 26.4 Å². The molecular formula is C12H18N2O3. The number of aryl methyl sites for hydroxylation is 1. The maximum absolute atomic E-state index is 11.8. The largest absolute Gasteiger partial charge is 0.459 e. The molecule has 0 fully saturated rings. The Morgan fingerprint density at radius 1 is 1.59 bits per heavy atom. The summed E-state index contributed by atoms with van der Waals surface area (Å²) in [5.41, 5.74) is 7.06. The molecule has 2 N–H and O–H groups in total. The van der Waals surface area contributed by atoms with Crippen molar-refractivity contribution in [3.63, 3.8) is 0 Å². The number of anilines is 1. The fourth-order valence-corrected chi connectivity index (χ4v) is 1.34. The zero-order valence-electron chi connectivity index (χ0n) is 10.4. The number of ether oxygens (including phenoxy) is 2. The van der Waals surface area contributed by atoms with E-state index >= 15 is 0 Å². The first-order valence-corrected chi connectivity index (χ1v) is 5.46. The summed E-state index contributed by atoms with van der Waals surface area (Å²) in [6.45, 7) is 4.13. The van der Waals surface area contributed by atoms with Crippen LogP contribution < -0.4 is 5.73 Å². The SMILES string of the molecule is COCCC(C)OC(=O)c1cc(N)cnc1C. The van der Waals surface area contributed by atoms with Gasteiger partial charge in [0.15, 0.2) is 0 Å². The number of nitrogens with zero attached hydrogens (tertiary/aromatic N) is 1. The summed E-state index contributed by atoms with van der Waals surface area (Å²) >= 11 is 0. The van der Waals surface area contributed by atoms with Crippen LogP contribution >= 0.6 is 0 Å². The Kier molecular flexibility index (Phi) is 4.90. The number of hydrogen-bond donors (Lipinski definition) is 1. The molecular weight excluding hydrogens is 220 g/mol. The van der Waals surface area contributed by atoms with E-state index in [1.807, 2.05) is 6.92 Å². The van der Waals surface area contributed by atoms with Gasteiger partial charge in [0.2, 0.25) is 0 Å². The smallest absolute Gasteiger partial charge is 0.340 e. The standard InChI is InChI=1S/C12H18N2O3/c1-8(4-5-16-3)17-12(15)11-6-10(13)7-14-9(11)2/h6-8H,4-5,13H2,1-3H3. The second kappa shape index (κ2) is 6.20. The first-order chi connectivity index (χ1) is 8.04. The fraction of sp³-hybridized carbons (Fsp3) is 0.500. The van der Waals surface area contributed by atoms with E-state index in [1.54, 1.807) is 20.1 Å². The van der Waals surface area contributed by atoms with Gasteiger partial charge in [-0.05, 0) is 19.9 Å². The van der Waals surface area contributed by atoms with Crippen LogP contribution in [0.15, 0.2) is 12.3 Å². The van der Waals surface area contributed by atoms with Crippen LogP contribution in [0.25, 0.3) is 0 Å². The number of carbonyl (C=O) groups is 1. The summed E-state index contributed by atoms with van der Waals surface area (Å²) in [6, 6.07) is 1.58. The second-order valence-corrected chi connectivity index (χ2v) is 3.90. The zero-order valence-corrected chi connectivity index (χ0v) is 10.4. The summed E-state index contributed by atoms with van der Waals surface area (Å²) in [7, 11) is 1.61. The molecule has 0 aliphatic rings. The van der Waals surface area contributed by atoms with E-state index in [2.05, 4.69) is 4.98 Å². The maximum Gasteiger partial charge on any atom is 0.340 e. The molecule has 0 bridgehead atoms. The minimum absolute atomic E-state index is 0.191. The molecule has 0 aliphatic heterocycles. The third kappa shape index (κ3) is 4.03. The highest BCUT2D eigenvalue weighted by atomic mass is 16.5. The summed E-state index contributed by atoms with van der Waals surface area (Å²) < 4.78 is 10.2. The lowest BCUT2D eigenvalue weighted by Crippen LogP contribution is -2.18. The Bertz CT molecular complexity index is 393. The number of aromatic nitrogens is 1. The molecule has 1 heterocycles. The maximum atomic E-state index is 11.8. The van der Waals surface area contributed by atoms with Gasteiger partial charge in [0.05, 0.1) is 23.1 Å². The van der Waals surface area contributed by atoms with Crippen LogP contribution in [0, 0.1) is 6.92 Å². The van der Waals surface area contributed by atoms with Crippen molar-refractivity contribution >= 4 is 11.7 Å². The quantitative estimate of drug-likeness (QED) is 0.788. The minimum Gasteiger partial charge on any atom is -0.459 e. The monoisotopic (exact) mass is 238 g/mol. The Morgan fingerprint density at radius 3 is 2.94 bits per heavy atom. The van der Waals surface area contributed by atoms with Crippen LogP contribution in [0.2, 0.25) is 0 Å². The third-order valence-corrected chi connectivity index (χ3v) is 2.36. The lowest BCUT2D eigenvalue weighted by molar-refractivity contribution is 0.0265.